The number of nitrogens with one attached hydrogen (secondary N) is 1. The van der Waals surface area contributed by atoms with Crippen molar-refractivity contribution in [3.8, 4) is 5.69 Å². The second-order valence-electron chi connectivity index (χ2n) is 5.35. The van der Waals surface area contributed by atoms with Gasteiger partial charge in [-0.1, -0.05) is 57.7 Å². The van der Waals surface area contributed by atoms with E-state index in [1.807, 2.05) is 36.5 Å². The normalized spacial score (nSPS) is 12.5. The fourth-order valence-corrected chi connectivity index (χ4v) is 2.50. The summed E-state index contributed by atoms with van der Waals surface area (Å²) in [6.45, 7) is 5.34. The van der Waals surface area contributed by atoms with Gasteiger partial charge in [-0.3, -0.25) is 0 Å². The fourth-order valence-electron chi connectivity index (χ4n) is 2.50. The molecular weight excluding hydrogens is 260 g/mol. The highest BCUT2D eigenvalue weighted by atomic mass is 15.5. The quantitative estimate of drug-likeness (QED) is 0.711. The van der Waals surface area contributed by atoms with Crippen LogP contribution in [-0.4, -0.2) is 21.5 Å². The lowest BCUT2D eigenvalue weighted by Crippen LogP contribution is -2.21. The molecule has 114 valence electrons. The molecule has 1 atom stereocenters. The van der Waals surface area contributed by atoms with Crippen LogP contribution in [0.25, 0.3) is 5.69 Å². The molecule has 0 amide bonds. The van der Waals surface area contributed by atoms with Gasteiger partial charge in [0, 0.05) is 0 Å². The molecule has 0 radical (unpaired) electrons. The predicted molar refractivity (Wildman–Crippen MR) is 86.5 cm³/mol. The Morgan fingerprint density at radius 3 is 2.62 bits per heavy atom. The zero-order chi connectivity index (χ0) is 14.9. The summed E-state index contributed by atoms with van der Waals surface area (Å²) in [5.41, 5.74) is 2.04. The monoisotopic (exact) mass is 286 g/mol. The lowest BCUT2D eigenvalue weighted by Gasteiger charge is -2.14. The van der Waals surface area contributed by atoms with E-state index >= 15 is 0 Å². The first-order valence-corrected chi connectivity index (χ1v) is 8.06. The molecule has 0 fully saturated rings. The van der Waals surface area contributed by atoms with Crippen LogP contribution in [0.1, 0.15) is 57.7 Å². The van der Waals surface area contributed by atoms with Gasteiger partial charge in [-0.05, 0) is 25.1 Å². The first kappa shape index (κ1) is 15.7. The van der Waals surface area contributed by atoms with Gasteiger partial charge in [-0.15, -0.1) is 0 Å². The van der Waals surface area contributed by atoms with E-state index in [9.17, 15) is 0 Å². The molecule has 1 N–H and O–H groups in total. The molecule has 0 aliphatic heterocycles. The average Bonchev–Trinajstić information content (AvgIpc) is 3.01. The standard InChI is InChI=1S/C17H26N4/c1-3-5-6-10-13-16(18-4-2)17-14-19-21(20-17)15-11-8-7-9-12-15/h7-9,11-12,14,16,18H,3-6,10,13H2,1-2H3. The number of hydrogen-bond acceptors (Lipinski definition) is 3. The van der Waals surface area contributed by atoms with Crippen molar-refractivity contribution in [3.05, 3.63) is 42.2 Å². The summed E-state index contributed by atoms with van der Waals surface area (Å²) in [6, 6.07) is 10.4. The minimum atomic E-state index is 0.310. The number of unbranched alkanes of at least 4 members (excludes halogenated alkanes) is 3. The molecule has 1 aromatic heterocycles. The van der Waals surface area contributed by atoms with Crippen LogP contribution in [0.3, 0.4) is 0 Å². The Kier molecular flexibility index (Phi) is 6.41. The Hall–Kier alpha value is -1.68. The lowest BCUT2D eigenvalue weighted by molar-refractivity contribution is 0.470. The van der Waals surface area contributed by atoms with Gasteiger partial charge in [0.05, 0.1) is 17.9 Å². The first-order chi connectivity index (χ1) is 10.3. The minimum Gasteiger partial charge on any atom is -0.309 e. The molecule has 4 heteroatoms. The van der Waals surface area contributed by atoms with Crippen molar-refractivity contribution in [2.24, 2.45) is 0 Å². The highest BCUT2D eigenvalue weighted by molar-refractivity contribution is 5.28. The Morgan fingerprint density at radius 1 is 1.10 bits per heavy atom. The van der Waals surface area contributed by atoms with Gasteiger partial charge in [0.1, 0.15) is 5.69 Å². The lowest BCUT2D eigenvalue weighted by atomic mass is 10.1. The van der Waals surface area contributed by atoms with Gasteiger partial charge in [-0.25, -0.2) is 0 Å². The van der Waals surface area contributed by atoms with Crippen molar-refractivity contribution in [1.82, 2.24) is 20.3 Å². The number of aromatic nitrogens is 3. The molecular formula is C17H26N4. The van der Waals surface area contributed by atoms with E-state index in [0.29, 0.717) is 6.04 Å². The Bertz CT molecular complexity index is 507. The zero-order valence-electron chi connectivity index (χ0n) is 13.1. The second-order valence-corrected chi connectivity index (χ2v) is 5.35. The molecule has 0 saturated carbocycles. The minimum absolute atomic E-state index is 0.310. The maximum atomic E-state index is 4.64. The maximum Gasteiger partial charge on any atom is 0.100 e. The molecule has 2 aromatic rings. The highest BCUT2D eigenvalue weighted by Crippen LogP contribution is 2.18. The number of hydrogen-bond donors (Lipinski definition) is 1. The van der Waals surface area contributed by atoms with Crippen molar-refractivity contribution < 1.29 is 0 Å². The SMILES string of the molecule is CCCCCCC(NCC)c1cnn(-c2ccccc2)n1. The van der Waals surface area contributed by atoms with Crippen LogP contribution in [0, 0.1) is 0 Å². The van der Waals surface area contributed by atoms with Crippen LogP contribution >= 0.6 is 0 Å². The molecule has 0 spiro atoms. The van der Waals surface area contributed by atoms with Gasteiger partial charge in [0.15, 0.2) is 0 Å². The Balaban J connectivity index is 2.01. The van der Waals surface area contributed by atoms with Gasteiger partial charge in [0.2, 0.25) is 0 Å². The molecule has 1 aromatic carbocycles. The van der Waals surface area contributed by atoms with Crippen LogP contribution in [-0.2, 0) is 0 Å². The van der Waals surface area contributed by atoms with E-state index < -0.39 is 0 Å². The van der Waals surface area contributed by atoms with Crippen molar-refractivity contribution in [2.45, 2.75) is 52.0 Å². The van der Waals surface area contributed by atoms with Crippen molar-refractivity contribution >= 4 is 0 Å². The Labute approximate surface area is 127 Å². The summed E-state index contributed by atoms with van der Waals surface area (Å²) in [6.07, 6.45) is 8.14. The van der Waals surface area contributed by atoms with E-state index in [0.717, 1.165) is 24.3 Å². The van der Waals surface area contributed by atoms with Crippen LogP contribution in [0.4, 0.5) is 0 Å². The van der Waals surface area contributed by atoms with E-state index in [4.69, 9.17) is 0 Å². The topological polar surface area (TPSA) is 42.7 Å². The van der Waals surface area contributed by atoms with Crippen molar-refractivity contribution in [3.63, 3.8) is 0 Å². The summed E-state index contributed by atoms with van der Waals surface area (Å²) >= 11 is 0. The van der Waals surface area contributed by atoms with E-state index in [1.165, 1.54) is 25.7 Å². The molecule has 0 aliphatic rings. The molecule has 2 rings (SSSR count). The molecule has 0 bridgehead atoms. The van der Waals surface area contributed by atoms with E-state index in [1.54, 1.807) is 4.80 Å². The molecule has 0 saturated heterocycles. The summed E-state index contributed by atoms with van der Waals surface area (Å²) in [7, 11) is 0. The van der Waals surface area contributed by atoms with Crippen LogP contribution < -0.4 is 5.32 Å². The third-order valence-electron chi connectivity index (χ3n) is 3.65. The van der Waals surface area contributed by atoms with Gasteiger partial charge in [0.25, 0.3) is 0 Å². The molecule has 21 heavy (non-hydrogen) atoms. The number of rotatable bonds is 9. The molecule has 0 aliphatic carbocycles. The van der Waals surface area contributed by atoms with Crippen molar-refractivity contribution in [1.29, 1.82) is 0 Å². The average molecular weight is 286 g/mol. The third-order valence-corrected chi connectivity index (χ3v) is 3.65. The molecule has 1 heterocycles. The van der Waals surface area contributed by atoms with Gasteiger partial charge in [-0.2, -0.15) is 15.0 Å². The fraction of sp³-hybridized carbons (Fsp3) is 0.529. The van der Waals surface area contributed by atoms with E-state index in [-0.39, 0.29) is 0 Å². The smallest absolute Gasteiger partial charge is 0.100 e. The zero-order valence-corrected chi connectivity index (χ0v) is 13.1. The van der Waals surface area contributed by atoms with Gasteiger partial charge < -0.3 is 5.32 Å². The molecule has 1 unspecified atom stereocenters. The van der Waals surface area contributed by atoms with Crippen LogP contribution in [0.15, 0.2) is 36.5 Å². The van der Waals surface area contributed by atoms with E-state index in [2.05, 4.69) is 29.4 Å². The van der Waals surface area contributed by atoms with Crippen LogP contribution in [0.5, 0.6) is 0 Å². The van der Waals surface area contributed by atoms with Crippen LogP contribution in [0.2, 0.25) is 0 Å². The summed E-state index contributed by atoms with van der Waals surface area (Å²) < 4.78 is 0. The molecule has 4 nitrogen and oxygen atoms in total. The summed E-state index contributed by atoms with van der Waals surface area (Å²) in [5.74, 6) is 0. The summed E-state index contributed by atoms with van der Waals surface area (Å²) in [4.78, 5) is 1.71. The first-order valence-electron chi connectivity index (χ1n) is 8.06. The van der Waals surface area contributed by atoms with Crippen molar-refractivity contribution in [2.75, 3.05) is 6.54 Å². The third kappa shape index (κ3) is 4.67. The predicted octanol–water partition coefficient (Wildman–Crippen LogP) is 3.89. The number of para-hydroxylation sites is 1. The largest absolute Gasteiger partial charge is 0.309 e. The number of benzene rings is 1. The second kappa shape index (κ2) is 8.57. The van der Waals surface area contributed by atoms with Gasteiger partial charge >= 0.3 is 0 Å². The number of nitrogens with zero attached hydrogens (tertiary/aromatic N) is 3. The highest BCUT2D eigenvalue weighted by Gasteiger charge is 2.14. The summed E-state index contributed by atoms with van der Waals surface area (Å²) in [5, 5.41) is 12.6. The Morgan fingerprint density at radius 2 is 1.90 bits per heavy atom. The maximum absolute atomic E-state index is 4.64.